The second kappa shape index (κ2) is 6.40. The second-order valence-corrected chi connectivity index (χ2v) is 3.53. The van der Waals surface area contributed by atoms with E-state index in [9.17, 15) is 5.11 Å². The fourth-order valence-electron chi connectivity index (χ4n) is 1.10. The average Bonchev–Trinajstić information content (AvgIpc) is 2.02. The summed E-state index contributed by atoms with van der Waals surface area (Å²) in [4.78, 5) is 4.15. The van der Waals surface area contributed by atoms with Gasteiger partial charge in [-0.2, -0.15) is 0 Å². The summed E-state index contributed by atoms with van der Waals surface area (Å²) in [6.45, 7) is 4.04. The molecule has 0 heterocycles. The van der Waals surface area contributed by atoms with Gasteiger partial charge in [0.25, 0.3) is 0 Å². The van der Waals surface area contributed by atoms with Crippen molar-refractivity contribution in [1.29, 1.82) is 0 Å². The number of rotatable bonds is 6. The van der Waals surface area contributed by atoms with Crippen LogP contribution in [0.25, 0.3) is 0 Å². The van der Waals surface area contributed by atoms with Crippen LogP contribution in [-0.4, -0.2) is 55.4 Å². The van der Waals surface area contributed by atoms with Crippen LogP contribution in [0.15, 0.2) is 0 Å². The molecule has 3 heteroatoms. The van der Waals surface area contributed by atoms with Crippen molar-refractivity contribution in [3.05, 3.63) is 0 Å². The number of hydrogen-bond acceptors (Lipinski definition) is 3. The normalized spacial score (nSPS) is 14.2. The van der Waals surface area contributed by atoms with Crippen molar-refractivity contribution in [2.24, 2.45) is 0 Å². The second-order valence-electron chi connectivity index (χ2n) is 3.53. The Balaban J connectivity index is 3.37. The minimum absolute atomic E-state index is 0.271. The monoisotopic (exact) mass is 174 g/mol. The molecule has 0 radical (unpaired) electrons. The number of aliphatic hydroxyl groups excluding tert-OH is 1. The van der Waals surface area contributed by atoms with Gasteiger partial charge in [0, 0.05) is 6.54 Å². The lowest BCUT2D eigenvalue weighted by Crippen LogP contribution is -2.32. The Kier molecular flexibility index (Phi) is 6.34. The van der Waals surface area contributed by atoms with Crippen LogP contribution < -0.4 is 0 Å². The van der Waals surface area contributed by atoms with Crippen molar-refractivity contribution in [1.82, 2.24) is 9.80 Å². The minimum atomic E-state index is -0.271. The van der Waals surface area contributed by atoms with Crippen LogP contribution in [-0.2, 0) is 0 Å². The zero-order chi connectivity index (χ0) is 9.56. The molecule has 1 unspecified atom stereocenters. The Morgan fingerprint density at radius 1 is 1.17 bits per heavy atom. The predicted molar refractivity (Wildman–Crippen MR) is 52.1 cm³/mol. The number of hydrogen-bond donors (Lipinski definition) is 1. The van der Waals surface area contributed by atoms with E-state index in [1.54, 1.807) is 0 Å². The summed E-state index contributed by atoms with van der Waals surface area (Å²) in [6, 6.07) is 0. The topological polar surface area (TPSA) is 26.7 Å². The van der Waals surface area contributed by atoms with Crippen molar-refractivity contribution in [3.63, 3.8) is 0 Å². The summed E-state index contributed by atoms with van der Waals surface area (Å²) >= 11 is 0. The van der Waals surface area contributed by atoms with Crippen molar-refractivity contribution in [2.45, 2.75) is 26.0 Å². The summed E-state index contributed by atoms with van der Waals surface area (Å²) in [5.74, 6) is 0. The summed E-state index contributed by atoms with van der Waals surface area (Å²) < 4.78 is 0. The van der Waals surface area contributed by atoms with Gasteiger partial charge in [0.15, 0.2) is 0 Å². The fourth-order valence-corrected chi connectivity index (χ4v) is 1.10. The zero-order valence-electron chi connectivity index (χ0n) is 8.75. The molecule has 0 aliphatic rings. The first kappa shape index (κ1) is 11.9. The third-order valence-corrected chi connectivity index (χ3v) is 1.99. The van der Waals surface area contributed by atoms with E-state index in [4.69, 9.17) is 0 Å². The van der Waals surface area contributed by atoms with Crippen LogP contribution in [0.2, 0.25) is 0 Å². The Morgan fingerprint density at radius 2 is 1.75 bits per heavy atom. The maximum Gasteiger partial charge on any atom is 0.106 e. The van der Waals surface area contributed by atoms with Gasteiger partial charge in [-0.15, -0.1) is 0 Å². The lowest BCUT2D eigenvalue weighted by Gasteiger charge is -2.22. The molecule has 0 bridgehead atoms. The predicted octanol–water partition coefficient (Wildman–Crippen LogP) is 0.598. The third kappa shape index (κ3) is 5.52. The zero-order valence-corrected chi connectivity index (χ0v) is 8.75. The standard InChI is InChI=1S/C9H22N2O/c1-5-9(12)11(4)8-6-7-10(2)3/h9,12H,5-8H2,1-4H3. The lowest BCUT2D eigenvalue weighted by molar-refractivity contribution is 0.0181. The van der Waals surface area contributed by atoms with E-state index in [1.165, 1.54) is 0 Å². The smallest absolute Gasteiger partial charge is 0.106 e. The molecule has 0 fully saturated rings. The Hall–Kier alpha value is -0.120. The van der Waals surface area contributed by atoms with Crippen LogP contribution in [0.5, 0.6) is 0 Å². The van der Waals surface area contributed by atoms with Crippen molar-refractivity contribution in [3.8, 4) is 0 Å². The van der Waals surface area contributed by atoms with Gasteiger partial charge in [0.2, 0.25) is 0 Å². The van der Waals surface area contributed by atoms with E-state index >= 15 is 0 Å². The molecule has 0 aromatic rings. The number of nitrogens with zero attached hydrogens (tertiary/aromatic N) is 2. The van der Waals surface area contributed by atoms with E-state index in [0.717, 1.165) is 25.9 Å². The molecule has 0 saturated heterocycles. The molecule has 0 spiro atoms. The molecule has 74 valence electrons. The van der Waals surface area contributed by atoms with Gasteiger partial charge in [-0.25, -0.2) is 0 Å². The van der Waals surface area contributed by atoms with Crippen molar-refractivity contribution >= 4 is 0 Å². The first-order valence-corrected chi connectivity index (χ1v) is 4.61. The van der Waals surface area contributed by atoms with Crippen molar-refractivity contribution in [2.75, 3.05) is 34.2 Å². The molecule has 0 rings (SSSR count). The highest BCUT2D eigenvalue weighted by Gasteiger charge is 2.06. The minimum Gasteiger partial charge on any atom is -0.378 e. The molecule has 12 heavy (non-hydrogen) atoms. The molecular weight excluding hydrogens is 152 g/mol. The highest BCUT2D eigenvalue weighted by atomic mass is 16.3. The fraction of sp³-hybridized carbons (Fsp3) is 1.00. The lowest BCUT2D eigenvalue weighted by atomic mass is 10.3. The van der Waals surface area contributed by atoms with Gasteiger partial charge in [0.05, 0.1) is 0 Å². The van der Waals surface area contributed by atoms with Crippen LogP contribution in [0.4, 0.5) is 0 Å². The van der Waals surface area contributed by atoms with Gasteiger partial charge in [0.1, 0.15) is 6.23 Å². The van der Waals surface area contributed by atoms with E-state index < -0.39 is 0 Å². The maximum absolute atomic E-state index is 9.40. The molecule has 0 aromatic heterocycles. The Morgan fingerprint density at radius 3 is 2.17 bits per heavy atom. The van der Waals surface area contributed by atoms with Gasteiger partial charge in [-0.1, -0.05) is 6.92 Å². The molecule has 0 aliphatic carbocycles. The van der Waals surface area contributed by atoms with Gasteiger partial charge in [-0.3, -0.25) is 4.90 Å². The quantitative estimate of drug-likeness (QED) is 0.597. The molecule has 0 aliphatic heterocycles. The maximum atomic E-state index is 9.40. The highest BCUT2D eigenvalue weighted by molar-refractivity contribution is 4.55. The molecule has 3 nitrogen and oxygen atoms in total. The van der Waals surface area contributed by atoms with Crippen LogP contribution in [0, 0.1) is 0 Å². The molecule has 0 saturated carbocycles. The Labute approximate surface area is 76.0 Å². The van der Waals surface area contributed by atoms with Gasteiger partial charge >= 0.3 is 0 Å². The van der Waals surface area contributed by atoms with Crippen LogP contribution in [0.3, 0.4) is 0 Å². The molecule has 1 N–H and O–H groups in total. The first-order chi connectivity index (χ1) is 5.57. The van der Waals surface area contributed by atoms with Gasteiger partial charge < -0.3 is 10.0 Å². The molecule has 1 atom stereocenters. The summed E-state index contributed by atoms with van der Waals surface area (Å²) in [7, 11) is 6.09. The largest absolute Gasteiger partial charge is 0.378 e. The van der Waals surface area contributed by atoms with E-state index in [2.05, 4.69) is 19.0 Å². The third-order valence-electron chi connectivity index (χ3n) is 1.99. The number of aliphatic hydroxyl groups is 1. The van der Waals surface area contributed by atoms with Gasteiger partial charge in [-0.05, 0) is 40.5 Å². The summed E-state index contributed by atoms with van der Waals surface area (Å²) in [5.41, 5.74) is 0. The van der Waals surface area contributed by atoms with E-state index in [1.807, 2.05) is 18.9 Å². The highest BCUT2D eigenvalue weighted by Crippen LogP contribution is 1.98. The molecule has 0 amide bonds. The molecule has 0 aromatic carbocycles. The Bertz CT molecular complexity index is 107. The van der Waals surface area contributed by atoms with E-state index in [0.29, 0.717) is 0 Å². The van der Waals surface area contributed by atoms with Crippen LogP contribution in [0.1, 0.15) is 19.8 Å². The summed E-state index contributed by atoms with van der Waals surface area (Å²) in [5, 5.41) is 9.40. The van der Waals surface area contributed by atoms with E-state index in [-0.39, 0.29) is 6.23 Å². The average molecular weight is 174 g/mol. The SMILES string of the molecule is CCC(O)N(C)CCCN(C)C. The van der Waals surface area contributed by atoms with Crippen molar-refractivity contribution < 1.29 is 5.11 Å². The molecular formula is C9H22N2O. The summed E-state index contributed by atoms with van der Waals surface area (Å²) in [6.07, 6.45) is 1.64. The first-order valence-electron chi connectivity index (χ1n) is 4.61. The van der Waals surface area contributed by atoms with Crippen LogP contribution >= 0.6 is 0 Å².